The van der Waals surface area contributed by atoms with Gasteiger partial charge in [-0.15, -0.1) is 0 Å². The summed E-state index contributed by atoms with van der Waals surface area (Å²) in [5, 5.41) is 0. The number of ether oxygens (including phenoxy) is 3. The van der Waals surface area contributed by atoms with Crippen LogP contribution in [0.4, 0.5) is 0 Å². The summed E-state index contributed by atoms with van der Waals surface area (Å²) in [4.78, 5) is 26.9. The SMILES string of the molecule is C[C@H](CC[C@H]1OC(C)(C)OC1(C)C)[C@H]1CC[C@]23C(=O)O[C@@]4(CC[C@]12C)C[C@@H]1CCC(=O)C(C)(C)[C@@H]1CC[C@H]43. The maximum atomic E-state index is 14.1. The molecule has 9 atom stereocenters. The Balaban J connectivity index is 1.24. The maximum absolute atomic E-state index is 14.1. The molecule has 1 spiro atoms. The van der Waals surface area contributed by atoms with E-state index < -0.39 is 5.79 Å². The molecule has 38 heavy (non-hydrogen) atoms. The topological polar surface area (TPSA) is 61.8 Å². The molecule has 0 amide bonds. The number of fused-ring (bicyclic) bond motifs is 1. The van der Waals surface area contributed by atoms with Gasteiger partial charge in [-0.2, -0.15) is 0 Å². The fraction of sp³-hybridized carbons (Fsp3) is 0.939. The number of esters is 1. The predicted molar refractivity (Wildman–Crippen MR) is 146 cm³/mol. The molecule has 0 aromatic rings. The summed E-state index contributed by atoms with van der Waals surface area (Å²) in [5.41, 5.74) is -1.19. The predicted octanol–water partition coefficient (Wildman–Crippen LogP) is 7.25. The largest absolute Gasteiger partial charge is 0.458 e. The lowest BCUT2D eigenvalue weighted by molar-refractivity contribution is -0.158. The molecule has 6 rings (SSSR count). The molecule has 6 aliphatic rings. The van der Waals surface area contributed by atoms with Crippen LogP contribution in [0, 0.1) is 45.8 Å². The lowest BCUT2D eigenvalue weighted by Gasteiger charge is -2.53. The zero-order chi connectivity index (χ0) is 27.5. The molecule has 2 bridgehead atoms. The van der Waals surface area contributed by atoms with Gasteiger partial charge < -0.3 is 14.2 Å². The highest BCUT2D eigenvalue weighted by atomic mass is 16.8. The average molecular weight is 529 g/mol. The smallest absolute Gasteiger partial charge is 0.313 e. The monoisotopic (exact) mass is 528 g/mol. The number of carbonyl (C=O) groups is 2. The van der Waals surface area contributed by atoms with Crippen LogP contribution >= 0.6 is 0 Å². The van der Waals surface area contributed by atoms with Gasteiger partial charge in [0, 0.05) is 17.8 Å². The lowest BCUT2D eigenvalue weighted by atomic mass is 9.47. The first-order valence-corrected chi connectivity index (χ1v) is 15.7. The Hall–Kier alpha value is -0.940. The van der Waals surface area contributed by atoms with Crippen LogP contribution in [-0.4, -0.2) is 34.8 Å². The van der Waals surface area contributed by atoms with Crippen LogP contribution in [0.5, 0.6) is 0 Å². The van der Waals surface area contributed by atoms with Crippen molar-refractivity contribution in [1.29, 1.82) is 0 Å². The van der Waals surface area contributed by atoms with Gasteiger partial charge in [0.2, 0.25) is 0 Å². The van der Waals surface area contributed by atoms with Crippen molar-refractivity contribution in [3.63, 3.8) is 0 Å². The first kappa shape index (κ1) is 27.2. The summed E-state index contributed by atoms with van der Waals surface area (Å²) in [6, 6.07) is 0. The molecule has 4 aliphatic carbocycles. The van der Waals surface area contributed by atoms with Crippen LogP contribution in [0.3, 0.4) is 0 Å². The van der Waals surface area contributed by atoms with Gasteiger partial charge in [0.1, 0.15) is 11.4 Å². The van der Waals surface area contributed by atoms with Crippen molar-refractivity contribution in [3.05, 3.63) is 0 Å². The van der Waals surface area contributed by atoms with Crippen molar-refractivity contribution >= 4 is 11.8 Å². The molecule has 4 saturated carbocycles. The molecule has 0 unspecified atom stereocenters. The van der Waals surface area contributed by atoms with E-state index in [1.165, 1.54) is 0 Å². The fourth-order valence-electron chi connectivity index (χ4n) is 11.5. The first-order valence-electron chi connectivity index (χ1n) is 15.7. The van der Waals surface area contributed by atoms with Gasteiger partial charge in [0.15, 0.2) is 5.79 Å². The molecule has 6 fully saturated rings. The van der Waals surface area contributed by atoms with E-state index in [0.717, 1.165) is 64.2 Å². The molecule has 2 saturated heterocycles. The van der Waals surface area contributed by atoms with E-state index in [1.54, 1.807) is 0 Å². The second-order valence-electron chi connectivity index (χ2n) is 16.1. The summed E-state index contributed by atoms with van der Waals surface area (Å²) in [7, 11) is 0. The number of hydrogen-bond acceptors (Lipinski definition) is 5. The minimum Gasteiger partial charge on any atom is -0.458 e. The summed E-state index contributed by atoms with van der Waals surface area (Å²) < 4.78 is 19.1. The molecule has 5 heteroatoms. The standard InChI is InChI=1S/C33H52O5/c1-20(9-14-26-29(4,5)38-30(6,7)36-26)22-15-16-33-24-12-11-23-21(10-13-25(34)28(23,2)3)19-32(24,37-27(33)35)18-17-31(22,33)8/h20-24,26H,9-19H2,1-8H3/t20-,21+,22-,23-,24-,26-,31-,32+,33+/m1/s1. The minimum atomic E-state index is -0.531. The van der Waals surface area contributed by atoms with Crippen LogP contribution in [0.15, 0.2) is 0 Å². The minimum absolute atomic E-state index is 0.0170. The van der Waals surface area contributed by atoms with Gasteiger partial charge in [-0.25, -0.2) is 0 Å². The highest BCUT2D eigenvalue weighted by Crippen LogP contribution is 2.76. The quantitative estimate of drug-likeness (QED) is 0.360. The van der Waals surface area contributed by atoms with Crippen molar-refractivity contribution in [2.45, 2.75) is 149 Å². The highest BCUT2D eigenvalue weighted by Gasteiger charge is 2.77. The van der Waals surface area contributed by atoms with Crippen LogP contribution in [0.25, 0.3) is 0 Å². The van der Waals surface area contributed by atoms with Crippen LogP contribution < -0.4 is 0 Å². The summed E-state index contributed by atoms with van der Waals surface area (Å²) in [6.45, 7) is 17.6. The highest BCUT2D eigenvalue weighted by molar-refractivity contribution is 5.85. The van der Waals surface area contributed by atoms with Gasteiger partial charge in [0.25, 0.3) is 0 Å². The zero-order valence-electron chi connectivity index (χ0n) is 25.3. The molecule has 0 aromatic heterocycles. The van der Waals surface area contributed by atoms with Crippen molar-refractivity contribution in [2.75, 3.05) is 0 Å². The molecular formula is C33H52O5. The van der Waals surface area contributed by atoms with Crippen LogP contribution in [0.1, 0.15) is 126 Å². The normalized spacial score (nSPS) is 49.0. The van der Waals surface area contributed by atoms with E-state index in [1.807, 2.05) is 13.8 Å². The van der Waals surface area contributed by atoms with E-state index in [4.69, 9.17) is 14.2 Å². The number of carbonyl (C=O) groups excluding carboxylic acids is 2. The van der Waals surface area contributed by atoms with Gasteiger partial charge in [-0.3, -0.25) is 9.59 Å². The van der Waals surface area contributed by atoms with Gasteiger partial charge in [-0.1, -0.05) is 27.7 Å². The third-order valence-electron chi connectivity index (χ3n) is 13.3. The Morgan fingerprint density at radius 1 is 0.921 bits per heavy atom. The summed E-state index contributed by atoms with van der Waals surface area (Å²) in [6.07, 6.45) is 11.1. The van der Waals surface area contributed by atoms with Crippen molar-refractivity contribution in [3.8, 4) is 0 Å². The summed E-state index contributed by atoms with van der Waals surface area (Å²) in [5.74, 6) is 2.29. The summed E-state index contributed by atoms with van der Waals surface area (Å²) >= 11 is 0. The van der Waals surface area contributed by atoms with E-state index in [-0.39, 0.29) is 39.5 Å². The molecular weight excluding hydrogens is 476 g/mol. The zero-order valence-corrected chi connectivity index (χ0v) is 25.3. The van der Waals surface area contributed by atoms with Crippen molar-refractivity contribution in [1.82, 2.24) is 0 Å². The van der Waals surface area contributed by atoms with Gasteiger partial charge in [0.05, 0.1) is 17.1 Å². The van der Waals surface area contributed by atoms with Crippen LogP contribution in [0.2, 0.25) is 0 Å². The molecule has 0 radical (unpaired) electrons. The number of Topliss-reactive ketones (excluding diaryl/α,β-unsaturated/α-hetero) is 1. The van der Waals surface area contributed by atoms with E-state index in [0.29, 0.717) is 41.8 Å². The molecule has 0 aromatic carbocycles. The molecule has 0 N–H and O–H groups in total. The van der Waals surface area contributed by atoms with Gasteiger partial charge in [-0.05, 0) is 121 Å². The molecule has 5 nitrogen and oxygen atoms in total. The second-order valence-corrected chi connectivity index (χ2v) is 16.1. The average Bonchev–Trinajstić information content (AvgIpc) is 3.24. The van der Waals surface area contributed by atoms with E-state index >= 15 is 0 Å². The number of rotatable bonds is 4. The van der Waals surface area contributed by atoms with Crippen molar-refractivity contribution < 1.29 is 23.8 Å². The second kappa shape index (κ2) is 8.30. The Bertz CT molecular complexity index is 1010. The Morgan fingerprint density at radius 2 is 1.66 bits per heavy atom. The van der Waals surface area contributed by atoms with E-state index in [2.05, 4.69) is 41.5 Å². The number of ketones is 1. The van der Waals surface area contributed by atoms with Crippen molar-refractivity contribution in [2.24, 2.45) is 45.8 Å². The Kier molecular flexibility index (Phi) is 5.95. The molecule has 214 valence electrons. The Labute approximate surface area is 230 Å². The fourth-order valence-corrected chi connectivity index (χ4v) is 11.5. The maximum Gasteiger partial charge on any atom is 0.313 e. The van der Waals surface area contributed by atoms with E-state index in [9.17, 15) is 9.59 Å². The van der Waals surface area contributed by atoms with Gasteiger partial charge >= 0.3 is 5.97 Å². The van der Waals surface area contributed by atoms with Crippen LogP contribution in [-0.2, 0) is 23.8 Å². The third-order valence-corrected chi connectivity index (χ3v) is 13.3. The number of hydrogen-bond donors (Lipinski definition) is 0. The third kappa shape index (κ3) is 3.55. The molecule has 2 aliphatic heterocycles. The first-order chi connectivity index (χ1) is 17.6. The lowest BCUT2D eigenvalue weighted by Crippen LogP contribution is -2.55. The molecule has 2 heterocycles. The Morgan fingerprint density at radius 3 is 2.34 bits per heavy atom.